The number of nitrogens with zero attached hydrogens (tertiary/aromatic N) is 2. The molecule has 0 fully saturated rings. The molecule has 2 nitrogen and oxygen atoms in total. The minimum absolute atomic E-state index is 0. The van der Waals surface area contributed by atoms with E-state index in [0.29, 0.717) is 0 Å². The van der Waals surface area contributed by atoms with Crippen LogP contribution in [-0.4, -0.2) is 50.7 Å². The first kappa shape index (κ1) is 19.8. The molecular formula is C15H29ClN2. The molecule has 0 spiro atoms. The van der Waals surface area contributed by atoms with Crippen LogP contribution >= 0.6 is 0 Å². The molecule has 1 aromatic rings. The predicted molar refractivity (Wildman–Crippen MR) is 77.0 cm³/mol. The number of benzene rings is 1. The summed E-state index contributed by atoms with van der Waals surface area (Å²) in [6.07, 6.45) is 0. The van der Waals surface area contributed by atoms with E-state index in [1.54, 1.807) is 0 Å². The maximum absolute atomic E-state index is 2.41. The fraction of sp³-hybridized carbons (Fsp3) is 0.600. The van der Waals surface area contributed by atoms with Gasteiger partial charge in [0.25, 0.3) is 0 Å². The zero-order valence-corrected chi connectivity index (χ0v) is 13.5. The van der Waals surface area contributed by atoms with Crippen LogP contribution in [0, 0.1) is 0 Å². The Morgan fingerprint density at radius 3 is 1.61 bits per heavy atom. The molecule has 0 unspecified atom stereocenters. The van der Waals surface area contributed by atoms with Gasteiger partial charge in [-0.2, -0.15) is 0 Å². The van der Waals surface area contributed by atoms with Gasteiger partial charge in [0, 0.05) is 6.54 Å². The van der Waals surface area contributed by atoms with Crippen molar-refractivity contribution in [3.8, 4) is 0 Å². The summed E-state index contributed by atoms with van der Waals surface area (Å²) in [4.78, 5) is 2.41. The van der Waals surface area contributed by atoms with Gasteiger partial charge in [0.1, 0.15) is 0 Å². The summed E-state index contributed by atoms with van der Waals surface area (Å²) in [6.45, 7) is 7.74. The first-order valence-electron chi connectivity index (χ1n) is 6.42. The van der Waals surface area contributed by atoms with Crippen molar-refractivity contribution in [2.24, 2.45) is 0 Å². The van der Waals surface area contributed by atoms with E-state index in [1.165, 1.54) is 5.56 Å². The highest BCUT2D eigenvalue weighted by Gasteiger charge is 1.98. The van der Waals surface area contributed by atoms with Crippen molar-refractivity contribution in [2.45, 2.75) is 20.4 Å². The van der Waals surface area contributed by atoms with Gasteiger partial charge >= 0.3 is 0 Å². The molecule has 3 heteroatoms. The summed E-state index contributed by atoms with van der Waals surface area (Å²) in [6, 6.07) is 10.6. The Morgan fingerprint density at radius 1 is 0.889 bits per heavy atom. The number of hydrogen-bond donors (Lipinski definition) is 0. The van der Waals surface area contributed by atoms with Crippen molar-refractivity contribution in [2.75, 3.05) is 41.3 Å². The lowest BCUT2D eigenvalue weighted by molar-refractivity contribution is -0.849. The minimum Gasteiger partial charge on any atom is -1.00 e. The monoisotopic (exact) mass is 272 g/mol. The normalized spacial score (nSPS) is 10.4. The average molecular weight is 273 g/mol. The molecule has 0 aliphatic heterocycles. The molecule has 0 atom stereocenters. The standard InChI is InChI=1S/C11H17N.C4H12N.ClH/c1-3-12(4-2)10-11-8-6-5-7-9-11;1-5(2,3)4;/h5-9H,3-4,10H2,1-2H3;1-4H3;1H/q;+1;/p-1. The smallest absolute Gasteiger partial charge is 0.0675 e. The SMILES string of the molecule is CCN(CC)Cc1ccccc1.C[N+](C)(C)C.[Cl-]. The zero-order chi connectivity index (χ0) is 13.3. The summed E-state index contributed by atoms with van der Waals surface area (Å²) in [5.41, 5.74) is 1.40. The van der Waals surface area contributed by atoms with Gasteiger partial charge in [0.15, 0.2) is 0 Å². The molecule has 1 aromatic carbocycles. The molecule has 0 N–H and O–H groups in total. The zero-order valence-electron chi connectivity index (χ0n) is 12.8. The molecule has 106 valence electrons. The van der Waals surface area contributed by atoms with E-state index < -0.39 is 0 Å². The largest absolute Gasteiger partial charge is 1.00 e. The highest BCUT2D eigenvalue weighted by Crippen LogP contribution is 2.02. The minimum atomic E-state index is 0. The topological polar surface area (TPSA) is 3.24 Å². The Labute approximate surface area is 120 Å². The van der Waals surface area contributed by atoms with Crippen LogP contribution in [-0.2, 0) is 6.54 Å². The predicted octanol–water partition coefficient (Wildman–Crippen LogP) is -0.145. The molecule has 0 saturated heterocycles. The second-order valence-electron chi connectivity index (χ2n) is 5.63. The van der Waals surface area contributed by atoms with Crippen LogP contribution in [0.5, 0.6) is 0 Å². The highest BCUT2D eigenvalue weighted by atomic mass is 35.5. The van der Waals surface area contributed by atoms with Crippen molar-refractivity contribution < 1.29 is 16.9 Å². The fourth-order valence-electron chi connectivity index (χ4n) is 1.29. The Bertz CT molecular complexity index is 270. The summed E-state index contributed by atoms with van der Waals surface area (Å²) < 4.78 is 1.00. The highest BCUT2D eigenvalue weighted by molar-refractivity contribution is 5.14. The molecule has 1 rings (SSSR count). The quantitative estimate of drug-likeness (QED) is 0.690. The Balaban J connectivity index is 0. The molecule has 0 aliphatic carbocycles. The van der Waals surface area contributed by atoms with Crippen molar-refractivity contribution in [1.29, 1.82) is 0 Å². The van der Waals surface area contributed by atoms with Gasteiger partial charge in [-0.3, -0.25) is 4.90 Å². The average Bonchev–Trinajstić information content (AvgIpc) is 2.25. The molecule has 0 heterocycles. The van der Waals surface area contributed by atoms with E-state index >= 15 is 0 Å². The lowest BCUT2D eigenvalue weighted by Gasteiger charge is -2.17. The first-order chi connectivity index (χ1) is 7.86. The third kappa shape index (κ3) is 13.5. The van der Waals surface area contributed by atoms with E-state index in [1.807, 2.05) is 0 Å². The fourth-order valence-corrected chi connectivity index (χ4v) is 1.29. The van der Waals surface area contributed by atoms with Gasteiger partial charge in [0.2, 0.25) is 0 Å². The van der Waals surface area contributed by atoms with Gasteiger partial charge < -0.3 is 16.9 Å². The van der Waals surface area contributed by atoms with E-state index in [2.05, 4.69) is 77.3 Å². The Hall–Kier alpha value is -0.570. The third-order valence-electron chi connectivity index (χ3n) is 2.14. The number of halogens is 1. The summed E-state index contributed by atoms with van der Waals surface area (Å²) in [5.74, 6) is 0. The second kappa shape index (κ2) is 10.4. The number of rotatable bonds is 4. The third-order valence-corrected chi connectivity index (χ3v) is 2.14. The lowest BCUT2D eigenvalue weighted by atomic mass is 10.2. The van der Waals surface area contributed by atoms with Crippen molar-refractivity contribution in [1.82, 2.24) is 4.90 Å². The number of hydrogen-bond acceptors (Lipinski definition) is 1. The second-order valence-corrected chi connectivity index (χ2v) is 5.63. The van der Waals surface area contributed by atoms with E-state index in [9.17, 15) is 0 Å². The van der Waals surface area contributed by atoms with Crippen LogP contribution in [0.3, 0.4) is 0 Å². The van der Waals surface area contributed by atoms with Gasteiger partial charge in [-0.25, -0.2) is 0 Å². The molecule has 0 amide bonds. The van der Waals surface area contributed by atoms with Crippen LogP contribution in [0.2, 0.25) is 0 Å². The maximum atomic E-state index is 2.41. The van der Waals surface area contributed by atoms with E-state index in [4.69, 9.17) is 0 Å². The molecule has 0 saturated carbocycles. The van der Waals surface area contributed by atoms with Crippen molar-refractivity contribution >= 4 is 0 Å². The van der Waals surface area contributed by atoms with Gasteiger partial charge in [-0.15, -0.1) is 0 Å². The van der Waals surface area contributed by atoms with Gasteiger partial charge in [0.05, 0.1) is 28.2 Å². The summed E-state index contributed by atoms with van der Waals surface area (Å²) >= 11 is 0. The van der Waals surface area contributed by atoms with Crippen molar-refractivity contribution in [3.05, 3.63) is 35.9 Å². The lowest BCUT2D eigenvalue weighted by Crippen LogP contribution is -3.00. The summed E-state index contributed by atoms with van der Waals surface area (Å²) in [5, 5.41) is 0. The van der Waals surface area contributed by atoms with Crippen molar-refractivity contribution in [3.63, 3.8) is 0 Å². The van der Waals surface area contributed by atoms with E-state index in [0.717, 1.165) is 24.1 Å². The van der Waals surface area contributed by atoms with Crippen LogP contribution in [0.1, 0.15) is 19.4 Å². The molecule has 0 aliphatic rings. The molecular weight excluding hydrogens is 244 g/mol. The van der Waals surface area contributed by atoms with E-state index in [-0.39, 0.29) is 12.4 Å². The Morgan fingerprint density at radius 2 is 1.28 bits per heavy atom. The molecule has 18 heavy (non-hydrogen) atoms. The molecule has 0 aromatic heterocycles. The van der Waals surface area contributed by atoms with Crippen LogP contribution < -0.4 is 12.4 Å². The van der Waals surface area contributed by atoms with Gasteiger partial charge in [-0.1, -0.05) is 44.2 Å². The molecule has 0 radical (unpaired) electrons. The maximum Gasteiger partial charge on any atom is 0.0675 e. The summed E-state index contributed by atoms with van der Waals surface area (Å²) in [7, 11) is 8.50. The van der Waals surface area contributed by atoms with Crippen LogP contribution in [0.15, 0.2) is 30.3 Å². The van der Waals surface area contributed by atoms with Crippen LogP contribution in [0.4, 0.5) is 0 Å². The number of quaternary nitrogens is 1. The Kier molecular flexibility index (Phi) is 11.4. The molecule has 0 bridgehead atoms. The first-order valence-corrected chi connectivity index (χ1v) is 6.42. The van der Waals surface area contributed by atoms with Gasteiger partial charge in [-0.05, 0) is 18.7 Å². The van der Waals surface area contributed by atoms with Crippen LogP contribution in [0.25, 0.3) is 0 Å².